The first-order valence-electron chi connectivity index (χ1n) is 6.71. The molecule has 1 aromatic carbocycles. The van der Waals surface area contributed by atoms with Gasteiger partial charge >= 0.3 is 0 Å². The van der Waals surface area contributed by atoms with E-state index in [2.05, 4.69) is 4.98 Å². The Balaban J connectivity index is 1.76. The first-order chi connectivity index (χ1) is 9.69. The van der Waals surface area contributed by atoms with E-state index in [4.69, 9.17) is 4.74 Å². The van der Waals surface area contributed by atoms with Crippen LogP contribution < -0.4 is 4.74 Å². The number of hydrogen-bond acceptors (Lipinski definition) is 3. The van der Waals surface area contributed by atoms with Crippen LogP contribution in [0, 0.1) is 5.82 Å². The second-order valence-electron chi connectivity index (χ2n) is 5.15. The second-order valence-corrected chi connectivity index (χ2v) is 5.15. The summed E-state index contributed by atoms with van der Waals surface area (Å²) in [4.78, 5) is 4.10. The van der Waals surface area contributed by atoms with Gasteiger partial charge in [0.2, 0.25) is 0 Å². The molecule has 20 heavy (non-hydrogen) atoms. The van der Waals surface area contributed by atoms with Crippen molar-refractivity contribution >= 4 is 0 Å². The van der Waals surface area contributed by atoms with Gasteiger partial charge in [-0.15, -0.1) is 0 Å². The Morgan fingerprint density at radius 3 is 2.95 bits per heavy atom. The van der Waals surface area contributed by atoms with Crippen molar-refractivity contribution in [2.75, 3.05) is 7.11 Å². The van der Waals surface area contributed by atoms with Gasteiger partial charge in [0.15, 0.2) is 11.6 Å². The molecule has 0 aliphatic heterocycles. The molecule has 1 unspecified atom stereocenters. The van der Waals surface area contributed by atoms with Crippen molar-refractivity contribution in [3.63, 3.8) is 0 Å². The predicted molar refractivity (Wildman–Crippen MR) is 72.1 cm³/mol. The summed E-state index contributed by atoms with van der Waals surface area (Å²) < 4.78 is 20.5. The van der Waals surface area contributed by atoms with Gasteiger partial charge in [-0.25, -0.2) is 9.37 Å². The summed E-state index contributed by atoms with van der Waals surface area (Å²) in [5, 5.41) is 10.3. The summed E-state index contributed by atoms with van der Waals surface area (Å²) >= 11 is 0. The van der Waals surface area contributed by atoms with Gasteiger partial charge in [-0.2, -0.15) is 0 Å². The minimum atomic E-state index is -0.675. The number of rotatable bonds is 5. The lowest BCUT2D eigenvalue weighted by molar-refractivity contribution is 0.168. The number of nitrogens with zero attached hydrogens (tertiary/aromatic N) is 2. The number of benzene rings is 1. The van der Waals surface area contributed by atoms with Crippen LogP contribution in [-0.4, -0.2) is 21.8 Å². The topological polar surface area (TPSA) is 47.3 Å². The highest BCUT2D eigenvalue weighted by Crippen LogP contribution is 2.37. The first kappa shape index (κ1) is 13.1. The molecular formula is C15H17FN2O2. The van der Waals surface area contributed by atoms with E-state index >= 15 is 0 Å². The van der Waals surface area contributed by atoms with Gasteiger partial charge in [0, 0.05) is 12.5 Å². The molecule has 0 amide bonds. The highest BCUT2D eigenvalue weighted by molar-refractivity contribution is 5.30. The second kappa shape index (κ2) is 5.25. The van der Waals surface area contributed by atoms with E-state index in [-0.39, 0.29) is 5.75 Å². The number of aromatic nitrogens is 2. The van der Waals surface area contributed by atoms with Gasteiger partial charge in [0.05, 0.1) is 31.4 Å². The maximum atomic E-state index is 13.6. The zero-order chi connectivity index (χ0) is 14.1. The van der Waals surface area contributed by atoms with Crippen LogP contribution in [0.5, 0.6) is 5.75 Å². The van der Waals surface area contributed by atoms with Crippen molar-refractivity contribution in [2.24, 2.45) is 0 Å². The van der Waals surface area contributed by atoms with E-state index in [0.717, 1.165) is 24.1 Å². The van der Waals surface area contributed by atoms with Crippen LogP contribution in [0.2, 0.25) is 0 Å². The number of aliphatic hydroxyl groups excluding tert-OH is 1. The molecule has 0 bridgehead atoms. The SMILES string of the molecule is COc1ccc(CC(O)c2cncn2C2CC2)cc1F. The summed E-state index contributed by atoms with van der Waals surface area (Å²) in [5.74, 6) is -0.195. The molecule has 1 fully saturated rings. The van der Waals surface area contributed by atoms with Crippen LogP contribution in [0.15, 0.2) is 30.7 Å². The lowest BCUT2D eigenvalue weighted by atomic mass is 10.1. The first-order valence-corrected chi connectivity index (χ1v) is 6.71. The normalized spacial score (nSPS) is 16.1. The number of aliphatic hydroxyl groups is 1. The van der Waals surface area contributed by atoms with E-state index in [1.165, 1.54) is 13.2 Å². The zero-order valence-corrected chi connectivity index (χ0v) is 11.3. The molecule has 0 saturated heterocycles. The highest BCUT2D eigenvalue weighted by atomic mass is 19.1. The average molecular weight is 276 g/mol. The van der Waals surface area contributed by atoms with Gasteiger partial charge in [-0.3, -0.25) is 0 Å². The molecule has 1 saturated carbocycles. The summed E-state index contributed by atoms with van der Waals surface area (Å²) in [6, 6.07) is 5.22. The Kier molecular flexibility index (Phi) is 3.44. The van der Waals surface area contributed by atoms with Crippen LogP contribution in [0.4, 0.5) is 4.39 Å². The molecular weight excluding hydrogens is 259 g/mol. The molecule has 3 rings (SSSR count). The third-order valence-electron chi connectivity index (χ3n) is 3.62. The quantitative estimate of drug-likeness (QED) is 0.913. The van der Waals surface area contributed by atoms with Crippen LogP contribution in [-0.2, 0) is 6.42 Å². The summed E-state index contributed by atoms with van der Waals surface area (Å²) in [6.07, 6.45) is 5.39. The zero-order valence-electron chi connectivity index (χ0n) is 11.3. The molecule has 1 atom stereocenters. The fraction of sp³-hybridized carbons (Fsp3) is 0.400. The average Bonchev–Trinajstić information content (AvgIpc) is 3.16. The summed E-state index contributed by atoms with van der Waals surface area (Å²) in [7, 11) is 1.43. The minimum absolute atomic E-state index is 0.214. The molecule has 4 nitrogen and oxygen atoms in total. The van der Waals surface area contributed by atoms with Gasteiger partial charge in [0.1, 0.15) is 0 Å². The lowest BCUT2D eigenvalue weighted by Gasteiger charge is -2.14. The number of halogens is 1. The van der Waals surface area contributed by atoms with Gasteiger partial charge in [-0.05, 0) is 30.5 Å². The molecule has 1 heterocycles. The van der Waals surface area contributed by atoms with E-state index in [1.807, 2.05) is 4.57 Å². The van der Waals surface area contributed by atoms with Crippen LogP contribution >= 0.6 is 0 Å². The Bertz CT molecular complexity index is 608. The van der Waals surface area contributed by atoms with Crippen molar-refractivity contribution < 1.29 is 14.2 Å². The maximum Gasteiger partial charge on any atom is 0.165 e. The van der Waals surface area contributed by atoms with Crippen molar-refractivity contribution in [1.29, 1.82) is 0 Å². The summed E-state index contributed by atoms with van der Waals surface area (Å²) in [6.45, 7) is 0. The highest BCUT2D eigenvalue weighted by Gasteiger charge is 2.27. The lowest BCUT2D eigenvalue weighted by Crippen LogP contribution is -2.08. The molecule has 1 aliphatic rings. The molecule has 0 spiro atoms. The van der Waals surface area contributed by atoms with Crippen molar-refractivity contribution in [3.8, 4) is 5.75 Å². The van der Waals surface area contributed by atoms with E-state index in [9.17, 15) is 9.50 Å². The summed E-state index contributed by atoms with van der Waals surface area (Å²) in [5.41, 5.74) is 1.53. The molecule has 5 heteroatoms. The van der Waals surface area contributed by atoms with Crippen LogP contribution in [0.25, 0.3) is 0 Å². The third-order valence-corrected chi connectivity index (χ3v) is 3.62. The minimum Gasteiger partial charge on any atom is -0.494 e. The predicted octanol–water partition coefficient (Wildman–Crippen LogP) is 2.64. The van der Waals surface area contributed by atoms with Crippen molar-refractivity contribution in [1.82, 2.24) is 9.55 Å². The fourth-order valence-corrected chi connectivity index (χ4v) is 2.40. The van der Waals surface area contributed by atoms with Gasteiger partial charge < -0.3 is 14.4 Å². The van der Waals surface area contributed by atoms with E-state index in [1.54, 1.807) is 24.7 Å². The molecule has 106 valence electrons. The number of ether oxygens (including phenoxy) is 1. The van der Waals surface area contributed by atoms with E-state index in [0.29, 0.717) is 12.5 Å². The maximum absolute atomic E-state index is 13.6. The monoisotopic (exact) mass is 276 g/mol. The van der Waals surface area contributed by atoms with E-state index < -0.39 is 11.9 Å². The fourth-order valence-electron chi connectivity index (χ4n) is 2.40. The van der Waals surface area contributed by atoms with Gasteiger partial charge in [0.25, 0.3) is 0 Å². The van der Waals surface area contributed by atoms with Crippen molar-refractivity contribution in [2.45, 2.75) is 31.4 Å². The Morgan fingerprint density at radius 1 is 1.50 bits per heavy atom. The standard InChI is InChI=1S/C15H17FN2O2/c1-20-15-5-2-10(6-12(15)16)7-14(19)13-8-17-9-18(13)11-3-4-11/h2,5-6,8-9,11,14,19H,3-4,7H2,1H3. The van der Waals surface area contributed by atoms with Gasteiger partial charge in [-0.1, -0.05) is 6.07 Å². The molecule has 1 aliphatic carbocycles. The Labute approximate surface area is 116 Å². The Morgan fingerprint density at radius 2 is 2.30 bits per heavy atom. The molecule has 0 radical (unpaired) electrons. The molecule has 1 aromatic heterocycles. The Hall–Kier alpha value is -1.88. The number of methoxy groups -OCH3 is 1. The van der Waals surface area contributed by atoms with Crippen molar-refractivity contribution in [3.05, 3.63) is 47.8 Å². The molecule has 1 N–H and O–H groups in total. The number of hydrogen-bond donors (Lipinski definition) is 1. The molecule has 2 aromatic rings. The third kappa shape index (κ3) is 2.54. The van der Waals surface area contributed by atoms with Crippen LogP contribution in [0.1, 0.15) is 36.2 Å². The largest absolute Gasteiger partial charge is 0.494 e. The smallest absolute Gasteiger partial charge is 0.165 e. The van der Waals surface area contributed by atoms with Crippen LogP contribution in [0.3, 0.4) is 0 Å². The number of imidazole rings is 1.